The molecule has 6 N–H and O–H groups in total. The molecule has 1 fully saturated rings. The van der Waals surface area contributed by atoms with Crippen LogP contribution in [-0.2, 0) is 13.8 Å². The van der Waals surface area contributed by atoms with Gasteiger partial charge in [-0.05, 0) is 5.04 Å². The van der Waals surface area contributed by atoms with Gasteiger partial charge in [-0.3, -0.25) is 23.8 Å². The first-order valence-electron chi connectivity index (χ1n) is 9.32. The van der Waals surface area contributed by atoms with E-state index in [1.165, 1.54) is 10.9 Å². The van der Waals surface area contributed by atoms with E-state index in [2.05, 4.69) is 15.0 Å². The van der Waals surface area contributed by atoms with Crippen molar-refractivity contribution in [2.24, 2.45) is 0 Å². The minimum absolute atomic E-state index is 0.00595. The van der Waals surface area contributed by atoms with Crippen LogP contribution < -0.4 is 11.3 Å². The van der Waals surface area contributed by atoms with Crippen molar-refractivity contribution >= 4 is 33.4 Å². The van der Waals surface area contributed by atoms with Gasteiger partial charge in [0.1, 0.15) is 18.3 Å². The molecule has 0 spiro atoms. The molecule has 12 nitrogen and oxygen atoms in total. The second-order valence-corrected chi connectivity index (χ2v) is 15.2. The Balaban J connectivity index is 2.03. The lowest BCUT2D eigenvalue weighted by molar-refractivity contribution is -0.0597. The maximum Gasteiger partial charge on any atom is 0.366 e. The van der Waals surface area contributed by atoms with E-state index in [9.17, 15) is 24.5 Å². The zero-order valence-electron chi connectivity index (χ0n) is 17.3. The first-order valence-corrected chi connectivity index (χ1v) is 13.5. The van der Waals surface area contributed by atoms with Gasteiger partial charge in [0, 0.05) is 0 Å². The number of H-pyrrole nitrogens is 1. The van der Waals surface area contributed by atoms with Crippen LogP contribution in [-0.4, -0.2) is 66.7 Å². The lowest BCUT2D eigenvalue weighted by Gasteiger charge is -2.44. The number of nitrogens with zero attached hydrogens (tertiary/aromatic N) is 3. The van der Waals surface area contributed by atoms with Gasteiger partial charge in [0.25, 0.3) is 5.56 Å². The van der Waals surface area contributed by atoms with Crippen LogP contribution in [0, 0.1) is 0 Å². The largest absolute Gasteiger partial charge is 0.387 e. The fourth-order valence-corrected chi connectivity index (χ4v) is 7.01. The summed E-state index contributed by atoms with van der Waals surface area (Å²) < 4.78 is 24.2. The highest BCUT2D eigenvalue weighted by atomic mass is 31.1. The van der Waals surface area contributed by atoms with E-state index < -0.39 is 52.2 Å². The summed E-state index contributed by atoms with van der Waals surface area (Å²) in [5, 5.41) is 21.2. The van der Waals surface area contributed by atoms with Crippen LogP contribution in [0.5, 0.6) is 0 Å². The number of nitrogens with one attached hydrogen (secondary N) is 1. The molecule has 30 heavy (non-hydrogen) atoms. The molecule has 167 valence electrons. The Labute approximate surface area is 174 Å². The average Bonchev–Trinajstić information content (AvgIpc) is 3.14. The number of nitrogen functional groups attached to an aromatic ring is 1. The quantitative estimate of drug-likeness (QED) is 0.309. The molecule has 14 heteroatoms. The number of fused-ring (bicyclic) bond motifs is 1. The molecule has 2 aromatic rings. The van der Waals surface area contributed by atoms with Gasteiger partial charge in [-0.1, -0.05) is 33.9 Å². The summed E-state index contributed by atoms with van der Waals surface area (Å²) in [6, 6.07) is 0. The van der Waals surface area contributed by atoms with Gasteiger partial charge in [0.05, 0.1) is 20.1 Å². The SMILES string of the molecule is CC(C)(C)[Si](C)(C)C(O[P](=O)O)[C@H]1O[C@@H](n2cnc3c(=O)[nH]c(N)nc32)[C@H](O)[C@@H]1O. The number of ether oxygens (including phenoxy) is 1. The summed E-state index contributed by atoms with van der Waals surface area (Å²) in [6.07, 6.45) is -3.84. The summed E-state index contributed by atoms with van der Waals surface area (Å²) in [5.74, 6) is -0.140. The topological polar surface area (TPSA) is 186 Å². The molecule has 0 aromatic carbocycles. The molecule has 1 aliphatic heterocycles. The molecule has 0 saturated carbocycles. The third kappa shape index (κ3) is 3.82. The molecule has 2 aromatic heterocycles. The Morgan fingerprint density at radius 3 is 2.57 bits per heavy atom. The van der Waals surface area contributed by atoms with Crippen LogP contribution >= 0.6 is 8.25 Å². The van der Waals surface area contributed by atoms with E-state index in [-0.39, 0.29) is 22.2 Å². The van der Waals surface area contributed by atoms with Crippen LogP contribution in [0.15, 0.2) is 11.1 Å². The molecule has 0 amide bonds. The van der Waals surface area contributed by atoms with Crippen molar-refractivity contribution in [1.82, 2.24) is 19.5 Å². The number of hydrogen-bond donors (Lipinski definition) is 5. The Kier molecular flexibility index (Phi) is 5.93. The number of hydrogen-bond acceptors (Lipinski definition) is 9. The van der Waals surface area contributed by atoms with Gasteiger partial charge in [0.15, 0.2) is 17.4 Å². The number of anilines is 1. The molecule has 0 aliphatic carbocycles. The van der Waals surface area contributed by atoms with Gasteiger partial charge in [-0.25, -0.2) is 9.55 Å². The number of aromatic nitrogens is 4. The third-order valence-electron chi connectivity index (χ3n) is 6.15. The van der Waals surface area contributed by atoms with Crippen molar-refractivity contribution in [3.63, 3.8) is 0 Å². The molecule has 3 rings (SSSR count). The second kappa shape index (κ2) is 7.75. The summed E-state index contributed by atoms with van der Waals surface area (Å²) >= 11 is 0. The third-order valence-corrected chi connectivity index (χ3v) is 12.5. The highest BCUT2D eigenvalue weighted by molar-refractivity contribution is 7.32. The maximum absolute atomic E-state index is 12.0. The monoisotopic (exact) mass is 460 g/mol. The van der Waals surface area contributed by atoms with Crippen molar-refractivity contribution in [1.29, 1.82) is 0 Å². The fraction of sp³-hybridized carbons (Fsp3) is 0.688. The number of imidazole rings is 1. The average molecular weight is 460 g/mol. The van der Waals surface area contributed by atoms with Gasteiger partial charge in [-0.15, -0.1) is 0 Å². The van der Waals surface area contributed by atoms with Crippen molar-refractivity contribution in [3.05, 3.63) is 16.7 Å². The second-order valence-electron chi connectivity index (χ2n) is 8.98. The lowest BCUT2D eigenvalue weighted by atomic mass is 10.1. The zero-order chi connectivity index (χ0) is 22.6. The van der Waals surface area contributed by atoms with Crippen LogP contribution in [0.25, 0.3) is 11.2 Å². The van der Waals surface area contributed by atoms with Gasteiger partial charge in [0.2, 0.25) is 5.95 Å². The summed E-state index contributed by atoms with van der Waals surface area (Å²) in [6.45, 7) is 9.87. The zero-order valence-corrected chi connectivity index (χ0v) is 19.2. The van der Waals surface area contributed by atoms with E-state index in [1.54, 1.807) is 0 Å². The Morgan fingerprint density at radius 2 is 2.00 bits per heavy atom. The lowest BCUT2D eigenvalue weighted by Crippen LogP contribution is -2.58. The number of aliphatic hydroxyl groups excluding tert-OH is 2. The summed E-state index contributed by atoms with van der Waals surface area (Å²) in [7, 11) is -5.48. The van der Waals surface area contributed by atoms with Crippen LogP contribution in [0.3, 0.4) is 0 Å². The molecule has 1 aliphatic rings. The molecule has 6 atom stereocenters. The standard InChI is InChI=1S/C16H27N5O7PSi/c1-16(2,3)30(4,5)14(28-29(25)26)10-8(22)9(23)13(27-10)21-6-18-7-11(21)19-15(17)20-12(7)24/h6,8-10,13-14,22-23H,1-5H3,(H,25,26)(H3,17,19,20,24)/t8-,9+,10-,13+,14?/m0/s1. The molecule has 1 saturated heterocycles. The number of nitrogens with two attached hydrogens (primary N) is 1. The molecule has 0 bridgehead atoms. The summed E-state index contributed by atoms with van der Waals surface area (Å²) in [5.41, 5.74) is 4.22. The van der Waals surface area contributed by atoms with Gasteiger partial charge >= 0.3 is 8.25 Å². The fourth-order valence-electron chi connectivity index (χ4n) is 3.42. The van der Waals surface area contributed by atoms with Crippen molar-refractivity contribution in [2.75, 3.05) is 5.73 Å². The first-order chi connectivity index (χ1) is 13.8. The number of rotatable bonds is 5. The van der Waals surface area contributed by atoms with Gasteiger partial charge in [-0.2, -0.15) is 4.98 Å². The van der Waals surface area contributed by atoms with E-state index in [0.717, 1.165) is 0 Å². The summed E-state index contributed by atoms with van der Waals surface area (Å²) in [4.78, 5) is 31.8. The number of aromatic amines is 1. The smallest absolute Gasteiger partial charge is 0.366 e. The minimum Gasteiger partial charge on any atom is -0.387 e. The van der Waals surface area contributed by atoms with Crippen molar-refractivity contribution < 1.29 is 28.9 Å². The van der Waals surface area contributed by atoms with Crippen LogP contribution in [0.2, 0.25) is 18.1 Å². The van der Waals surface area contributed by atoms with Crippen molar-refractivity contribution in [2.45, 2.75) is 69.2 Å². The highest BCUT2D eigenvalue weighted by Crippen LogP contribution is 2.46. The van der Waals surface area contributed by atoms with E-state index >= 15 is 0 Å². The molecule has 2 unspecified atom stereocenters. The predicted octanol–water partition coefficient (Wildman–Crippen LogP) is 0.404. The van der Waals surface area contributed by atoms with E-state index in [4.69, 9.17) is 15.0 Å². The maximum atomic E-state index is 12.0. The Bertz CT molecular complexity index is 1020. The molecule has 1 radical (unpaired) electrons. The Morgan fingerprint density at radius 1 is 1.37 bits per heavy atom. The predicted molar refractivity (Wildman–Crippen MR) is 110 cm³/mol. The molecular weight excluding hydrogens is 433 g/mol. The van der Waals surface area contributed by atoms with E-state index in [0.29, 0.717) is 0 Å². The minimum atomic E-state index is -2.98. The number of aliphatic hydroxyl groups is 2. The van der Waals surface area contributed by atoms with Crippen LogP contribution in [0.4, 0.5) is 5.95 Å². The van der Waals surface area contributed by atoms with Crippen molar-refractivity contribution in [3.8, 4) is 0 Å². The highest BCUT2D eigenvalue weighted by Gasteiger charge is 2.56. The van der Waals surface area contributed by atoms with Gasteiger partial charge < -0.3 is 20.7 Å². The normalized spacial score (nSPS) is 26.9. The first kappa shape index (κ1) is 22.9. The Hall–Kier alpha value is -1.73. The van der Waals surface area contributed by atoms with Crippen LogP contribution in [0.1, 0.15) is 27.0 Å². The molecule has 3 heterocycles. The molecular formula is C16H27N5O7PSi. The van der Waals surface area contributed by atoms with E-state index in [1.807, 2.05) is 33.9 Å².